The number of ether oxygens (including phenoxy) is 1. The number of nitrogens with one attached hydrogen (secondary N) is 1. The molecule has 0 bridgehead atoms. The Hall–Kier alpha value is -2.79. The summed E-state index contributed by atoms with van der Waals surface area (Å²) < 4.78 is 7.82. The second kappa shape index (κ2) is 8.52. The number of aryl methyl sites for hydroxylation is 3. The monoisotopic (exact) mass is 425 g/mol. The van der Waals surface area contributed by atoms with Crippen molar-refractivity contribution in [1.82, 2.24) is 9.78 Å². The summed E-state index contributed by atoms with van der Waals surface area (Å²) in [4.78, 5) is 13.0. The van der Waals surface area contributed by atoms with Crippen LogP contribution in [0.2, 0.25) is 5.15 Å². The lowest BCUT2D eigenvalue weighted by Gasteiger charge is -2.23. The molecule has 0 spiro atoms. The predicted molar refractivity (Wildman–Crippen MR) is 122 cm³/mol. The van der Waals surface area contributed by atoms with Crippen LogP contribution in [0.1, 0.15) is 54.9 Å². The number of benzene rings is 2. The van der Waals surface area contributed by atoms with Crippen molar-refractivity contribution >= 4 is 23.2 Å². The van der Waals surface area contributed by atoms with E-state index >= 15 is 0 Å². The van der Waals surface area contributed by atoms with Crippen molar-refractivity contribution in [2.24, 2.45) is 7.05 Å². The van der Waals surface area contributed by atoms with Gasteiger partial charge in [0.1, 0.15) is 10.9 Å². The molecule has 2 aromatic carbocycles. The topological polar surface area (TPSA) is 56.2 Å². The minimum atomic E-state index is -0.304. The SMILES string of the molecule is CCc1nn(C)c(Cl)c1C(=O)Nc1ccccc1Oc1cc(C)ccc1C(C)(C)C. The number of carbonyl (C=O) groups excluding carboxylic acids is 1. The lowest BCUT2D eigenvalue weighted by atomic mass is 9.86. The molecule has 1 amide bonds. The smallest absolute Gasteiger partial charge is 0.260 e. The van der Waals surface area contributed by atoms with Crippen LogP contribution in [0.25, 0.3) is 0 Å². The largest absolute Gasteiger partial charge is 0.455 e. The fourth-order valence-electron chi connectivity index (χ4n) is 3.32. The maximum Gasteiger partial charge on any atom is 0.260 e. The zero-order valence-electron chi connectivity index (χ0n) is 18.3. The Morgan fingerprint density at radius 3 is 2.53 bits per heavy atom. The van der Waals surface area contributed by atoms with Crippen LogP contribution in [0, 0.1) is 6.92 Å². The minimum absolute atomic E-state index is 0.0829. The van der Waals surface area contributed by atoms with Gasteiger partial charge < -0.3 is 10.1 Å². The number of hydrogen-bond donors (Lipinski definition) is 1. The molecule has 0 aliphatic rings. The third-order valence-corrected chi connectivity index (χ3v) is 5.35. The van der Waals surface area contributed by atoms with Gasteiger partial charge in [-0.1, -0.05) is 63.6 Å². The van der Waals surface area contributed by atoms with Crippen LogP contribution in [-0.2, 0) is 18.9 Å². The van der Waals surface area contributed by atoms with Gasteiger partial charge in [-0.15, -0.1) is 0 Å². The summed E-state index contributed by atoms with van der Waals surface area (Å²) >= 11 is 6.32. The zero-order valence-corrected chi connectivity index (χ0v) is 19.1. The van der Waals surface area contributed by atoms with Crippen molar-refractivity contribution < 1.29 is 9.53 Å². The van der Waals surface area contributed by atoms with Crippen molar-refractivity contribution in [1.29, 1.82) is 0 Å². The number of aromatic nitrogens is 2. The molecule has 1 heterocycles. The molecule has 5 nitrogen and oxygen atoms in total. The molecule has 0 aliphatic carbocycles. The lowest BCUT2D eigenvalue weighted by Crippen LogP contribution is -2.15. The van der Waals surface area contributed by atoms with Crippen molar-refractivity contribution in [2.75, 3.05) is 5.32 Å². The van der Waals surface area contributed by atoms with E-state index in [0.29, 0.717) is 34.3 Å². The summed E-state index contributed by atoms with van der Waals surface area (Å²) in [5.41, 5.74) is 3.74. The molecule has 158 valence electrons. The van der Waals surface area contributed by atoms with Gasteiger partial charge in [-0.25, -0.2) is 0 Å². The summed E-state index contributed by atoms with van der Waals surface area (Å²) in [6, 6.07) is 13.6. The number of amides is 1. The van der Waals surface area contributed by atoms with Crippen LogP contribution < -0.4 is 10.1 Å². The van der Waals surface area contributed by atoms with E-state index in [2.05, 4.69) is 43.3 Å². The standard InChI is InChI=1S/C24H28ClN3O2/c1-7-17-21(22(25)28(6)27-17)23(29)26-18-10-8-9-11-19(18)30-20-14-15(2)12-13-16(20)24(3,4)5/h8-14H,7H2,1-6H3,(H,26,29). The Labute approximate surface area is 183 Å². The van der Waals surface area contributed by atoms with Gasteiger partial charge in [-0.3, -0.25) is 9.48 Å². The van der Waals surface area contributed by atoms with Crippen molar-refractivity contribution in [3.8, 4) is 11.5 Å². The molecule has 0 radical (unpaired) electrons. The molecule has 0 fully saturated rings. The molecule has 1 aromatic heterocycles. The highest BCUT2D eigenvalue weighted by molar-refractivity contribution is 6.33. The Morgan fingerprint density at radius 2 is 1.87 bits per heavy atom. The van der Waals surface area contributed by atoms with Gasteiger partial charge in [-0.2, -0.15) is 5.10 Å². The Kier molecular flexibility index (Phi) is 6.22. The molecule has 0 saturated heterocycles. The van der Waals surface area contributed by atoms with E-state index in [0.717, 1.165) is 16.9 Å². The first-order valence-corrected chi connectivity index (χ1v) is 10.4. The maximum atomic E-state index is 13.0. The third-order valence-electron chi connectivity index (χ3n) is 4.91. The van der Waals surface area contributed by atoms with Gasteiger partial charge in [0.15, 0.2) is 5.75 Å². The van der Waals surface area contributed by atoms with Crippen LogP contribution in [0.4, 0.5) is 5.69 Å². The minimum Gasteiger partial charge on any atom is -0.455 e. The highest BCUT2D eigenvalue weighted by Crippen LogP contribution is 2.37. The second-order valence-electron chi connectivity index (χ2n) is 8.39. The number of carbonyl (C=O) groups is 1. The molecule has 6 heteroatoms. The number of anilines is 1. The van der Waals surface area contributed by atoms with E-state index in [1.54, 1.807) is 7.05 Å². The molecular formula is C24H28ClN3O2. The summed E-state index contributed by atoms with van der Waals surface area (Å²) in [6.45, 7) is 10.4. The fraction of sp³-hybridized carbons (Fsp3) is 0.333. The predicted octanol–water partition coefficient (Wildman–Crippen LogP) is 6.29. The van der Waals surface area contributed by atoms with Gasteiger partial charge in [0.25, 0.3) is 5.91 Å². The number of rotatable bonds is 5. The Balaban J connectivity index is 1.96. The van der Waals surface area contributed by atoms with Crippen LogP contribution >= 0.6 is 11.6 Å². The summed E-state index contributed by atoms with van der Waals surface area (Å²) in [6.07, 6.45) is 0.611. The highest BCUT2D eigenvalue weighted by atomic mass is 35.5. The van der Waals surface area contributed by atoms with E-state index in [-0.39, 0.29) is 11.3 Å². The summed E-state index contributed by atoms with van der Waals surface area (Å²) in [5, 5.41) is 7.59. The van der Waals surface area contributed by atoms with Gasteiger partial charge in [0.05, 0.1) is 16.9 Å². The number of nitrogens with zero attached hydrogens (tertiary/aromatic N) is 2. The molecule has 3 rings (SSSR count). The fourth-order valence-corrected chi connectivity index (χ4v) is 3.56. The number of hydrogen-bond acceptors (Lipinski definition) is 3. The summed E-state index contributed by atoms with van der Waals surface area (Å²) in [7, 11) is 1.72. The maximum absolute atomic E-state index is 13.0. The van der Waals surface area contributed by atoms with Gasteiger partial charge in [0.2, 0.25) is 0 Å². The van der Waals surface area contributed by atoms with E-state index in [1.165, 1.54) is 4.68 Å². The van der Waals surface area contributed by atoms with Gasteiger partial charge in [0, 0.05) is 12.6 Å². The number of halogens is 1. The van der Waals surface area contributed by atoms with Crippen molar-refractivity contribution in [3.05, 3.63) is 70.0 Å². The third kappa shape index (κ3) is 4.51. The highest BCUT2D eigenvalue weighted by Gasteiger charge is 2.23. The van der Waals surface area contributed by atoms with Crippen molar-refractivity contribution in [2.45, 2.75) is 46.5 Å². The lowest BCUT2D eigenvalue weighted by molar-refractivity contribution is 0.102. The van der Waals surface area contributed by atoms with Crippen LogP contribution in [-0.4, -0.2) is 15.7 Å². The molecule has 30 heavy (non-hydrogen) atoms. The first kappa shape index (κ1) is 21.9. The molecule has 0 aliphatic heterocycles. The van der Waals surface area contributed by atoms with E-state index < -0.39 is 0 Å². The van der Waals surface area contributed by atoms with E-state index in [1.807, 2.05) is 44.2 Å². The average Bonchev–Trinajstić information content (AvgIpc) is 2.96. The van der Waals surface area contributed by atoms with Crippen LogP contribution in [0.3, 0.4) is 0 Å². The molecule has 3 aromatic rings. The normalized spacial score (nSPS) is 11.4. The zero-order chi connectivity index (χ0) is 22.1. The van der Waals surface area contributed by atoms with Gasteiger partial charge >= 0.3 is 0 Å². The molecular weight excluding hydrogens is 398 g/mol. The van der Waals surface area contributed by atoms with Crippen LogP contribution in [0.15, 0.2) is 42.5 Å². The summed E-state index contributed by atoms with van der Waals surface area (Å²) in [5.74, 6) is 1.04. The van der Waals surface area contributed by atoms with Crippen molar-refractivity contribution in [3.63, 3.8) is 0 Å². The second-order valence-corrected chi connectivity index (χ2v) is 8.75. The molecule has 1 N–H and O–H groups in total. The Bertz CT molecular complexity index is 1080. The molecule has 0 atom stereocenters. The molecule has 0 saturated carbocycles. The molecule has 0 unspecified atom stereocenters. The van der Waals surface area contributed by atoms with E-state index in [4.69, 9.17) is 16.3 Å². The average molecular weight is 426 g/mol. The quantitative estimate of drug-likeness (QED) is 0.522. The first-order chi connectivity index (χ1) is 14.1. The Morgan fingerprint density at radius 1 is 1.17 bits per heavy atom. The van der Waals surface area contributed by atoms with E-state index in [9.17, 15) is 4.79 Å². The number of para-hydroxylation sites is 2. The van der Waals surface area contributed by atoms with Gasteiger partial charge in [-0.05, 0) is 42.5 Å². The van der Waals surface area contributed by atoms with Crippen LogP contribution in [0.5, 0.6) is 11.5 Å². The first-order valence-electron chi connectivity index (χ1n) is 10.0.